The Balaban J connectivity index is 1.78. The molecule has 1 saturated heterocycles. The van der Waals surface area contributed by atoms with Gasteiger partial charge in [-0.1, -0.05) is 29.8 Å². The molecule has 27 heavy (non-hydrogen) atoms. The van der Waals surface area contributed by atoms with Crippen LogP contribution in [0.1, 0.15) is 11.1 Å². The van der Waals surface area contributed by atoms with Crippen LogP contribution in [0.3, 0.4) is 0 Å². The molecule has 1 fully saturated rings. The van der Waals surface area contributed by atoms with Crippen LogP contribution in [0.15, 0.2) is 53.6 Å². The molecule has 2 aromatic carbocycles. The SMILES string of the molecule is O=C1NC(=O)/C(=C/c2ccc(Oc3cccc(/C=C/[N+](=O)[O-])c3)c(Cl)c2)S1. The van der Waals surface area contributed by atoms with Gasteiger partial charge in [-0.05, 0) is 53.2 Å². The molecule has 0 radical (unpaired) electrons. The van der Waals surface area contributed by atoms with Crippen LogP contribution < -0.4 is 10.1 Å². The van der Waals surface area contributed by atoms with Crippen molar-refractivity contribution in [1.29, 1.82) is 0 Å². The highest BCUT2D eigenvalue weighted by atomic mass is 35.5. The number of carbonyl (C=O) groups excluding carboxylic acids is 2. The van der Waals surface area contributed by atoms with Crippen molar-refractivity contribution in [2.24, 2.45) is 0 Å². The van der Waals surface area contributed by atoms with Gasteiger partial charge in [-0.3, -0.25) is 25.0 Å². The summed E-state index contributed by atoms with van der Waals surface area (Å²) in [5, 5.41) is 12.5. The molecule has 0 spiro atoms. The Kier molecular flexibility index (Phi) is 5.58. The van der Waals surface area contributed by atoms with E-state index in [-0.39, 0.29) is 4.91 Å². The van der Waals surface area contributed by atoms with Gasteiger partial charge < -0.3 is 4.74 Å². The van der Waals surface area contributed by atoms with Gasteiger partial charge in [0.15, 0.2) is 0 Å². The summed E-state index contributed by atoms with van der Waals surface area (Å²) in [6.07, 6.45) is 3.76. The van der Waals surface area contributed by atoms with E-state index in [0.29, 0.717) is 27.6 Å². The summed E-state index contributed by atoms with van der Waals surface area (Å²) in [6, 6.07) is 11.7. The average molecular weight is 403 g/mol. The fraction of sp³-hybridized carbons (Fsp3) is 0. The Labute approximate surface area is 162 Å². The van der Waals surface area contributed by atoms with Crippen molar-refractivity contribution >= 4 is 46.7 Å². The molecule has 1 N–H and O–H groups in total. The Morgan fingerprint density at radius 3 is 2.63 bits per heavy atom. The zero-order valence-corrected chi connectivity index (χ0v) is 15.1. The van der Waals surface area contributed by atoms with E-state index in [1.165, 1.54) is 6.08 Å². The van der Waals surface area contributed by atoms with Gasteiger partial charge in [-0.15, -0.1) is 0 Å². The average Bonchev–Trinajstić information content (AvgIpc) is 2.93. The molecule has 0 unspecified atom stereocenters. The number of nitrogens with one attached hydrogen (secondary N) is 1. The lowest BCUT2D eigenvalue weighted by Crippen LogP contribution is -2.17. The number of carbonyl (C=O) groups is 2. The third kappa shape index (κ3) is 4.96. The molecule has 9 heteroatoms. The second-order valence-corrected chi connectivity index (χ2v) is 6.74. The summed E-state index contributed by atoms with van der Waals surface area (Å²) in [7, 11) is 0. The van der Waals surface area contributed by atoms with Crippen LogP contribution in [0.5, 0.6) is 11.5 Å². The van der Waals surface area contributed by atoms with E-state index < -0.39 is 16.1 Å². The predicted molar refractivity (Wildman–Crippen MR) is 103 cm³/mol. The van der Waals surface area contributed by atoms with Crippen molar-refractivity contribution < 1.29 is 19.2 Å². The topological polar surface area (TPSA) is 98.5 Å². The number of nitrogens with zero attached hydrogens (tertiary/aromatic N) is 1. The van der Waals surface area contributed by atoms with Crippen LogP contribution in [0.2, 0.25) is 5.02 Å². The van der Waals surface area contributed by atoms with E-state index in [2.05, 4.69) is 5.32 Å². The standard InChI is InChI=1S/C18H11ClN2O5S/c19-14-9-12(10-16-17(22)20-18(23)27-16)4-5-15(14)26-13-3-1-2-11(8-13)6-7-21(24)25/h1-10H,(H,20,22,23)/b7-6+,16-10-. The smallest absolute Gasteiger partial charge is 0.290 e. The predicted octanol–water partition coefficient (Wildman–Crippen LogP) is 4.70. The number of amides is 2. The summed E-state index contributed by atoms with van der Waals surface area (Å²) in [4.78, 5) is 32.9. The third-order valence-corrected chi connectivity index (χ3v) is 4.48. The van der Waals surface area contributed by atoms with Crippen molar-refractivity contribution in [1.82, 2.24) is 5.32 Å². The molecule has 0 saturated carbocycles. The molecule has 0 aliphatic carbocycles. The second-order valence-electron chi connectivity index (χ2n) is 5.32. The van der Waals surface area contributed by atoms with Gasteiger partial charge >= 0.3 is 0 Å². The van der Waals surface area contributed by atoms with Crippen molar-refractivity contribution in [2.75, 3.05) is 0 Å². The van der Waals surface area contributed by atoms with Crippen molar-refractivity contribution in [2.45, 2.75) is 0 Å². The van der Waals surface area contributed by atoms with Crippen LogP contribution in [0.4, 0.5) is 4.79 Å². The van der Waals surface area contributed by atoms with Crippen LogP contribution in [-0.2, 0) is 4.79 Å². The molecule has 0 aromatic heterocycles. The van der Waals surface area contributed by atoms with Crippen molar-refractivity contribution in [3.8, 4) is 11.5 Å². The molecule has 1 aliphatic heterocycles. The van der Waals surface area contributed by atoms with Gasteiger partial charge in [0.05, 0.1) is 14.9 Å². The van der Waals surface area contributed by atoms with Crippen molar-refractivity contribution in [3.63, 3.8) is 0 Å². The van der Waals surface area contributed by atoms with Gasteiger partial charge in [0.1, 0.15) is 11.5 Å². The summed E-state index contributed by atoms with van der Waals surface area (Å²) in [5.74, 6) is 0.402. The highest BCUT2D eigenvalue weighted by Gasteiger charge is 2.24. The van der Waals surface area contributed by atoms with Crippen LogP contribution in [0, 0.1) is 10.1 Å². The summed E-state index contributed by atoms with van der Waals surface area (Å²) < 4.78 is 5.72. The fourth-order valence-electron chi connectivity index (χ4n) is 2.22. The molecule has 7 nitrogen and oxygen atoms in total. The Bertz CT molecular complexity index is 1000. The zero-order valence-electron chi connectivity index (χ0n) is 13.5. The first kappa shape index (κ1) is 18.7. The summed E-state index contributed by atoms with van der Waals surface area (Å²) in [5.41, 5.74) is 1.25. The zero-order chi connectivity index (χ0) is 19.4. The number of hydrogen-bond acceptors (Lipinski definition) is 6. The van der Waals surface area contributed by atoms with Gasteiger partial charge in [-0.2, -0.15) is 0 Å². The number of hydrogen-bond donors (Lipinski definition) is 1. The number of benzene rings is 2. The number of imide groups is 1. The van der Waals surface area contributed by atoms with Crippen LogP contribution in [-0.4, -0.2) is 16.1 Å². The molecule has 3 rings (SSSR count). The Hall–Kier alpha value is -3.10. The molecule has 1 heterocycles. The third-order valence-electron chi connectivity index (χ3n) is 3.37. The minimum absolute atomic E-state index is 0.287. The van der Waals surface area contributed by atoms with E-state index in [1.807, 2.05) is 0 Å². The lowest BCUT2D eigenvalue weighted by atomic mass is 10.2. The van der Waals surface area contributed by atoms with E-state index in [9.17, 15) is 19.7 Å². The summed E-state index contributed by atoms with van der Waals surface area (Å²) in [6.45, 7) is 0. The lowest BCUT2D eigenvalue weighted by Gasteiger charge is -2.09. The second kappa shape index (κ2) is 8.07. The minimum Gasteiger partial charge on any atom is -0.456 e. The number of rotatable bonds is 5. The monoisotopic (exact) mass is 402 g/mol. The molecule has 0 atom stereocenters. The Morgan fingerprint density at radius 1 is 1.15 bits per heavy atom. The highest BCUT2D eigenvalue weighted by molar-refractivity contribution is 8.18. The van der Waals surface area contributed by atoms with E-state index >= 15 is 0 Å². The van der Waals surface area contributed by atoms with Gasteiger partial charge in [0, 0.05) is 6.08 Å². The molecular formula is C18H11ClN2O5S. The quantitative estimate of drug-likeness (QED) is 0.442. The van der Waals surface area contributed by atoms with Gasteiger partial charge in [-0.25, -0.2) is 0 Å². The first-order chi connectivity index (χ1) is 12.9. The lowest BCUT2D eigenvalue weighted by molar-refractivity contribution is -0.400. The van der Waals surface area contributed by atoms with Gasteiger partial charge in [0.2, 0.25) is 6.20 Å². The Morgan fingerprint density at radius 2 is 1.96 bits per heavy atom. The van der Waals surface area contributed by atoms with E-state index in [4.69, 9.17) is 16.3 Å². The minimum atomic E-state index is -0.548. The first-order valence-corrected chi connectivity index (χ1v) is 8.74. The molecule has 0 bridgehead atoms. The van der Waals surface area contributed by atoms with Crippen LogP contribution in [0.25, 0.3) is 12.2 Å². The summed E-state index contributed by atoms with van der Waals surface area (Å²) >= 11 is 7.06. The van der Waals surface area contributed by atoms with Gasteiger partial charge in [0.25, 0.3) is 11.1 Å². The number of nitro groups is 1. The maximum atomic E-state index is 11.6. The highest BCUT2D eigenvalue weighted by Crippen LogP contribution is 2.32. The van der Waals surface area contributed by atoms with E-state index in [0.717, 1.165) is 18.0 Å². The fourth-order valence-corrected chi connectivity index (χ4v) is 3.13. The van der Waals surface area contributed by atoms with Crippen molar-refractivity contribution in [3.05, 3.63) is 79.8 Å². The maximum absolute atomic E-state index is 11.6. The number of ether oxygens (including phenoxy) is 1. The molecule has 2 aromatic rings. The first-order valence-electron chi connectivity index (χ1n) is 7.55. The van der Waals surface area contributed by atoms with Crippen LogP contribution >= 0.6 is 23.4 Å². The number of thioether (sulfide) groups is 1. The normalized spacial score (nSPS) is 15.4. The van der Waals surface area contributed by atoms with E-state index in [1.54, 1.807) is 48.5 Å². The molecule has 2 amide bonds. The molecule has 136 valence electrons. The molecular weight excluding hydrogens is 392 g/mol. The molecule has 1 aliphatic rings. The number of halogens is 1. The largest absolute Gasteiger partial charge is 0.456 e. The maximum Gasteiger partial charge on any atom is 0.290 e.